The smallest absolute Gasteiger partial charge is 0.306 e. The van der Waals surface area contributed by atoms with Crippen molar-refractivity contribution in [3.8, 4) is 0 Å². The summed E-state index contributed by atoms with van der Waals surface area (Å²) in [6, 6.07) is 0. The quantitative estimate of drug-likeness (QED) is 0.485. The predicted molar refractivity (Wildman–Crippen MR) is 80.2 cm³/mol. The van der Waals surface area contributed by atoms with Gasteiger partial charge in [-0.3, -0.25) is 19.2 Å². The number of ketones is 2. The minimum atomic E-state index is -0.389. The van der Waals surface area contributed by atoms with Crippen molar-refractivity contribution >= 4 is 23.5 Å². The molecule has 0 aliphatic carbocycles. The fraction of sp³-hybridized carbons (Fsp3) is 0.750. The number of Topliss-reactive ketones (excluding diaryl/α,β-unsaturated/α-hetero) is 2. The minimum absolute atomic E-state index is 0.0520. The van der Waals surface area contributed by atoms with Crippen LogP contribution in [-0.2, 0) is 28.7 Å². The maximum absolute atomic E-state index is 11.6. The Morgan fingerprint density at radius 2 is 0.909 bits per heavy atom. The molecule has 0 saturated carbocycles. The number of carbonyl (C=O) groups excluding carboxylic acids is 4. The second-order valence-corrected chi connectivity index (χ2v) is 5.02. The lowest BCUT2D eigenvalue weighted by atomic mass is 10.1. The number of hydrogen-bond donors (Lipinski definition) is 0. The minimum Gasteiger partial charge on any atom is -0.466 e. The molecule has 0 spiro atoms. The molecule has 0 aromatic carbocycles. The van der Waals surface area contributed by atoms with Crippen LogP contribution in [-0.4, -0.2) is 36.7 Å². The predicted octanol–water partition coefficient (Wildman–Crippen LogP) is 2.37. The Morgan fingerprint density at radius 3 is 1.23 bits per heavy atom. The summed E-state index contributed by atoms with van der Waals surface area (Å²) >= 11 is 0. The first kappa shape index (κ1) is 20.3. The van der Waals surface area contributed by atoms with Crippen LogP contribution >= 0.6 is 0 Å². The average Bonchev–Trinajstić information content (AvgIpc) is 2.52. The second-order valence-electron chi connectivity index (χ2n) is 5.02. The zero-order valence-electron chi connectivity index (χ0n) is 13.5. The molecule has 0 N–H and O–H groups in total. The normalized spacial score (nSPS) is 10.1. The largest absolute Gasteiger partial charge is 0.466 e. The van der Waals surface area contributed by atoms with Gasteiger partial charge >= 0.3 is 11.9 Å². The van der Waals surface area contributed by atoms with Crippen LogP contribution in [0.3, 0.4) is 0 Å². The first-order chi connectivity index (χ1) is 10.5. The summed E-state index contributed by atoms with van der Waals surface area (Å²) in [5.41, 5.74) is 0. The lowest BCUT2D eigenvalue weighted by molar-refractivity contribution is -0.145. The van der Waals surface area contributed by atoms with Crippen LogP contribution in [0.15, 0.2) is 0 Å². The molecule has 126 valence electrons. The monoisotopic (exact) mass is 314 g/mol. The lowest BCUT2D eigenvalue weighted by Crippen LogP contribution is -2.11. The molecule has 0 aliphatic rings. The lowest BCUT2D eigenvalue weighted by Gasteiger charge is -2.04. The SMILES string of the molecule is CCCOC(=O)CCC(=O)CCC(=O)CCC(=O)OCCC. The third kappa shape index (κ3) is 12.1. The van der Waals surface area contributed by atoms with E-state index in [-0.39, 0.29) is 62.0 Å². The van der Waals surface area contributed by atoms with Gasteiger partial charge in [-0.25, -0.2) is 0 Å². The Labute approximate surface area is 131 Å². The summed E-state index contributed by atoms with van der Waals surface area (Å²) in [5.74, 6) is -1.06. The molecule has 0 bridgehead atoms. The highest BCUT2D eigenvalue weighted by Gasteiger charge is 2.12. The Hall–Kier alpha value is -1.72. The molecule has 0 heterocycles. The van der Waals surface area contributed by atoms with Crippen molar-refractivity contribution < 1.29 is 28.7 Å². The first-order valence-corrected chi connectivity index (χ1v) is 7.84. The topological polar surface area (TPSA) is 86.7 Å². The fourth-order valence-corrected chi connectivity index (χ4v) is 1.59. The molecule has 0 saturated heterocycles. The van der Waals surface area contributed by atoms with Crippen LogP contribution in [0.4, 0.5) is 0 Å². The molecule has 0 rings (SSSR count). The number of ether oxygens (including phenoxy) is 2. The molecule has 0 radical (unpaired) electrons. The molecule has 0 atom stereocenters. The van der Waals surface area contributed by atoms with E-state index in [0.29, 0.717) is 13.2 Å². The van der Waals surface area contributed by atoms with Crippen LogP contribution in [0, 0.1) is 0 Å². The Bertz CT molecular complexity index is 339. The molecule has 0 unspecified atom stereocenters. The average molecular weight is 314 g/mol. The number of esters is 2. The van der Waals surface area contributed by atoms with E-state index in [2.05, 4.69) is 0 Å². The van der Waals surface area contributed by atoms with Crippen LogP contribution in [0.2, 0.25) is 0 Å². The van der Waals surface area contributed by atoms with E-state index in [1.165, 1.54) is 0 Å². The summed E-state index contributed by atoms with van der Waals surface area (Å²) in [7, 11) is 0. The molecular weight excluding hydrogens is 288 g/mol. The second kappa shape index (κ2) is 13.0. The number of rotatable bonds is 13. The van der Waals surface area contributed by atoms with E-state index in [9.17, 15) is 19.2 Å². The van der Waals surface area contributed by atoms with Gasteiger partial charge in [0, 0.05) is 25.7 Å². The van der Waals surface area contributed by atoms with Gasteiger partial charge in [-0.05, 0) is 12.8 Å². The first-order valence-electron chi connectivity index (χ1n) is 7.84. The highest BCUT2D eigenvalue weighted by atomic mass is 16.5. The zero-order valence-corrected chi connectivity index (χ0v) is 13.5. The van der Waals surface area contributed by atoms with Gasteiger partial charge < -0.3 is 9.47 Å². The number of hydrogen-bond acceptors (Lipinski definition) is 6. The summed E-state index contributed by atoms with van der Waals surface area (Å²) in [4.78, 5) is 45.5. The molecule has 6 nitrogen and oxygen atoms in total. The van der Waals surface area contributed by atoms with Crippen LogP contribution in [0.5, 0.6) is 0 Å². The zero-order chi connectivity index (χ0) is 16.8. The maximum Gasteiger partial charge on any atom is 0.306 e. The summed E-state index contributed by atoms with van der Waals surface area (Å²) < 4.78 is 9.71. The molecule has 22 heavy (non-hydrogen) atoms. The summed E-state index contributed by atoms with van der Waals surface area (Å²) in [6.45, 7) is 4.50. The van der Waals surface area contributed by atoms with Gasteiger partial charge in [0.25, 0.3) is 0 Å². The van der Waals surface area contributed by atoms with Crippen LogP contribution in [0.1, 0.15) is 65.2 Å². The van der Waals surface area contributed by atoms with E-state index in [4.69, 9.17) is 9.47 Å². The number of carbonyl (C=O) groups is 4. The van der Waals surface area contributed by atoms with E-state index in [1.54, 1.807) is 0 Å². The highest BCUT2D eigenvalue weighted by molar-refractivity contribution is 5.88. The van der Waals surface area contributed by atoms with Crippen molar-refractivity contribution in [2.24, 2.45) is 0 Å². The van der Waals surface area contributed by atoms with Crippen LogP contribution < -0.4 is 0 Å². The maximum atomic E-state index is 11.6. The van der Waals surface area contributed by atoms with E-state index >= 15 is 0 Å². The molecule has 0 fully saturated rings. The van der Waals surface area contributed by atoms with Crippen molar-refractivity contribution in [1.82, 2.24) is 0 Å². The van der Waals surface area contributed by atoms with E-state index in [0.717, 1.165) is 12.8 Å². The van der Waals surface area contributed by atoms with Crippen molar-refractivity contribution in [3.63, 3.8) is 0 Å². The van der Waals surface area contributed by atoms with Crippen molar-refractivity contribution in [2.45, 2.75) is 65.2 Å². The molecule has 6 heteroatoms. The van der Waals surface area contributed by atoms with Gasteiger partial charge in [0.2, 0.25) is 0 Å². The summed E-state index contributed by atoms with van der Waals surface area (Å²) in [5, 5.41) is 0. The van der Waals surface area contributed by atoms with Gasteiger partial charge in [0.05, 0.1) is 26.1 Å². The molecule has 0 amide bonds. The molecule has 0 aromatic heterocycles. The van der Waals surface area contributed by atoms with Gasteiger partial charge in [-0.15, -0.1) is 0 Å². The standard InChI is InChI=1S/C16H26O6/c1-3-11-21-15(19)9-7-13(17)5-6-14(18)8-10-16(20)22-12-4-2/h3-12H2,1-2H3. The van der Waals surface area contributed by atoms with Gasteiger partial charge in [-0.2, -0.15) is 0 Å². The van der Waals surface area contributed by atoms with Crippen molar-refractivity contribution in [3.05, 3.63) is 0 Å². The molecule has 0 aliphatic heterocycles. The third-order valence-electron chi connectivity index (χ3n) is 2.83. The van der Waals surface area contributed by atoms with Gasteiger partial charge in [0.1, 0.15) is 11.6 Å². The highest BCUT2D eigenvalue weighted by Crippen LogP contribution is 2.05. The Morgan fingerprint density at radius 1 is 0.591 bits per heavy atom. The van der Waals surface area contributed by atoms with Crippen molar-refractivity contribution in [2.75, 3.05) is 13.2 Å². The molecular formula is C16H26O6. The van der Waals surface area contributed by atoms with E-state index < -0.39 is 0 Å². The molecule has 0 aromatic rings. The van der Waals surface area contributed by atoms with Gasteiger partial charge in [0.15, 0.2) is 0 Å². The summed E-state index contributed by atoms with van der Waals surface area (Å²) in [6.07, 6.45) is 1.98. The van der Waals surface area contributed by atoms with Crippen LogP contribution in [0.25, 0.3) is 0 Å². The fourth-order valence-electron chi connectivity index (χ4n) is 1.59. The Balaban J connectivity index is 3.70. The Kier molecular flexibility index (Phi) is 12.0. The van der Waals surface area contributed by atoms with E-state index in [1.807, 2.05) is 13.8 Å². The van der Waals surface area contributed by atoms with Gasteiger partial charge in [-0.1, -0.05) is 13.8 Å². The third-order valence-corrected chi connectivity index (χ3v) is 2.83. The van der Waals surface area contributed by atoms with Crippen molar-refractivity contribution in [1.29, 1.82) is 0 Å².